The Morgan fingerprint density at radius 2 is 1.76 bits per heavy atom. The van der Waals surface area contributed by atoms with Gasteiger partial charge in [-0.3, -0.25) is 5.84 Å². The van der Waals surface area contributed by atoms with Crippen molar-refractivity contribution in [3.63, 3.8) is 0 Å². The zero-order valence-electron chi connectivity index (χ0n) is 11.5. The number of rotatable bonds is 3. The van der Waals surface area contributed by atoms with Crippen LogP contribution in [-0.4, -0.2) is 45.4 Å². The highest BCUT2D eigenvalue weighted by Crippen LogP contribution is 2.32. The van der Waals surface area contributed by atoms with Gasteiger partial charge in [0, 0.05) is 19.2 Å². The summed E-state index contributed by atoms with van der Waals surface area (Å²) in [5.74, 6) is 3.13. The first kappa shape index (κ1) is 16.8. The molecule has 0 saturated carbocycles. The predicted molar refractivity (Wildman–Crippen MR) is 75.3 cm³/mol. The normalized spacial score (nSPS) is 20.0. The van der Waals surface area contributed by atoms with Crippen molar-refractivity contribution >= 4 is 11.9 Å². The molecule has 0 saturated heterocycles. The van der Waals surface area contributed by atoms with Crippen LogP contribution in [0.15, 0.2) is 36.4 Å². The van der Waals surface area contributed by atoms with Crippen molar-refractivity contribution in [3.8, 4) is 0 Å². The molecule has 2 atom stereocenters. The monoisotopic (exact) mass is 294 g/mol. The van der Waals surface area contributed by atoms with Gasteiger partial charge in [-0.15, -0.1) is 0 Å². The molecule has 0 radical (unpaired) electrons. The lowest BCUT2D eigenvalue weighted by Crippen LogP contribution is -2.40. The lowest BCUT2D eigenvalue weighted by atomic mass is 10.1. The number of fused-ring (bicyclic) bond motifs is 1. The van der Waals surface area contributed by atoms with E-state index in [1.807, 2.05) is 24.3 Å². The number of hydrogen-bond acceptors (Lipinski definition) is 5. The molecule has 1 aliphatic carbocycles. The molecule has 7 heteroatoms. The Balaban J connectivity index is 0.000000240. The van der Waals surface area contributed by atoms with Crippen LogP contribution in [0.5, 0.6) is 0 Å². The molecule has 114 valence electrons. The second-order valence-corrected chi connectivity index (χ2v) is 4.59. The van der Waals surface area contributed by atoms with Gasteiger partial charge in [0.25, 0.3) is 0 Å². The van der Waals surface area contributed by atoms with Crippen LogP contribution in [0.3, 0.4) is 0 Å². The molecule has 2 rings (SSSR count). The number of hydrogen-bond donors (Lipinski definition) is 4. The average molecular weight is 294 g/mol. The number of hydrazine groups is 1. The van der Waals surface area contributed by atoms with Crippen LogP contribution in [0.25, 0.3) is 0 Å². The summed E-state index contributed by atoms with van der Waals surface area (Å²) < 4.78 is 0. The zero-order valence-corrected chi connectivity index (χ0v) is 11.5. The van der Waals surface area contributed by atoms with E-state index in [-0.39, 0.29) is 6.04 Å². The first-order valence-electron chi connectivity index (χ1n) is 6.20. The van der Waals surface area contributed by atoms with Gasteiger partial charge in [0.15, 0.2) is 0 Å². The lowest BCUT2D eigenvalue weighted by molar-refractivity contribution is -0.134. The fourth-order valence-electron chi connectivity index (χ4n) is 2.06. The fraction of sp³-hybridized carbons (Fsp3) is 0.286. The van der Waals surface area contributed by atoms with Gasteiger partial charge in [-0.25, -0.2) is 14.6 Å². The Morgan fingerprint density at radius 1 is 1.24 bits per heavy atom. The van der Waals surface area contributed by atoms with Gasteiger partial charge in [0.1, 0.15) is 0 Å². The Morgan fingerprint density at radius 3 is 2.19 bits per heavy atom. The van der Waals surface area contributed by atoms with E-state index in [9.17, 15) is 14.7 Å². The number of benzene rings is 1. The van der Waals surface area contributed by atoms with Crippen LogP contribution in [0, 0.1) is 0 Å². The van der Waals surface area contributed by atoms with Crippen LogP contribution >= 0.6 is 0 Å². The standard InChI is InChI=1S/C10H14N2O.C4H4O4/c1-12(11)9-6-7-4-2-3-5-8(7)10(9)13;5-3(6)1-2-4(7)8/h2-5,9-10,13H,6,11H2,1H3;1-2H,(H,5,6)(H,7,8)/b;2-1+/t9-,10-;/m0./s1. The summed E-state index contributed by atoms with van der Waals surface area (Å²) in [6, 6.07) is 7.97. The number of aliphatic hydroxyl groups excluding tert-OH is 1. The van der Waals surface area contributed by atoms with Gasteiger partial charge in [-0.05, 0) is 17.5 Å². The second-order valence-electron chi connectivity index (χ2n) is 4.59. The molecule has 0 spiro atoms. The summed E-state index contributed by atoms with van der Waals surface area (Å²) >= 11 is 0. The lowest BCUT2D eigenvalue weighted by Gasteiger charge is -2.21. The van der Waals surface area contributed by atoms with Gasteiger partial charge >= 0.3 is 11.9 Å². The topological polar surface area (TPSA) is 124 Å². The molecule has 5 N–H and O–H groups in total. The average Bonchev–Trinajstić information content (AvgIpc) is 2.75. The van der Waals surface area contributed by atoms with Gasteiger partial charge in [0.05, 0.1) is 12.1 Å². The molecule has 1 aromatic carbocycles. The summed E-state index contributed by atoms with van der Waals surface area (Å²) in [6.07, 6.45) is 1.51. The summed E-state index contributed by atoms with van der Waals surface area (Å²) in [5.41, 5.74) is 2.22. The van der Waals surface area contributed by atoms with E-state index < -0.39 is 18.0 Å². The molecule has 0 unspecified atom stereocenters. The predicted octanol–water partition coefficient (Wildman–Crippen LogP) is 0.162. The molecule has 1 aliphatic rings. The number of carbonyl (C=O) groups is 2. The maximum Gasteiger partial charge on any atom is 0.328 e. The van der Waals surface area contributed by atoms with Crippen molar-refractivity contribution in [2.75, 3.05) is 7.05 Å². The zero-order chi connectivity index (χ0) is 16.0. The van der Waals surface area contributed by atoms with Crippen molar-refractivity contribution in [2.45, 2.75) is 18.6 Å². The van der Waals surface area contributed by atoms with Crippen LogP contribution in [0.2, 0.25) is 0 Å². The third-order valence-electron chi connectivity index (χ3n) is 3.06. The minimum atomic E-state index is -1.26. The Kier molecular flexibility index (Phi) is 6.04. The summed E-state index contributed by atoms with van der Waals surface area (Å²) in [5, 5.41) is 27.1. The third kappa shape index (κ3) is 4.99. The van der Waals surface area contributed by atoms with Crippen LogP contribution in [0.4, 0.5) is 0 Å². The molecule has 0 bridgehead atoms. The van der Waals surface area contributed by atoms with Gasteiger partial charge < -0.3 is 15.3 Å². The van der Waals surface area contributed by atoms with Crippen molar-refractivity contribution in [2.24, 2.45) is 5.84 Å². The van der Waals surface area contributed by atoms with Crippen molar-refractivity contribution in [1.82, 2.24) is 5.01 Å². The SMILES string of the molecule is CN(N)[C@H]1Cc2ccccc2[C@@H]1O.O=C(O)/C=C/C(=O)O. The third-order valence-corrected chi connectivity index (χ3v) is 3.06. The van der Waals surface area contributed by atoms with E-state index in [1.54, 1.807) is 12.1 Å². The Bertz CT molecular complexity index is 526. The highest BCUT2D eigenvalue weighted by atomic mass is 16.4. The van der Waals surface area contributed by atoms with Crippen molar-refractivity contribution in [3.05, 3.63) is 47.5 Å². The first-order chi connectivity index (χ1) is 9.82. The smallest absolute Gasteiger partial charge is 0.328 e. The number of carboxylic acids is 2. The van der Waals surface area contributed by atoms with E-state index >= 15 is 0 Å². The van der Waals surface area contributed by atoms with Crippen molar-refractivity contribution in [1.29, 1.82) is 0 Å². The summed E-state index contributed by atoms with van der Waals surface area (Å²) in [6.45, 7) is 0. The minimum Gasteiger partial charge on any atom is -0.478 e. The van der Waals surface area contributed by atoms with Crippen molar-refractivity contribution < 1.29 is 24.9 Å². The second kappa shape index (κ2) is 7.53. The molecule has 0 fully saturated rings. The molecule has 0 aromatic heterocycles. The highest BCUT2D eigenvalue weighted by Gasteiger charge is 2.32. The maximum atomic E-state index is 9.89. The summed E-state index contributed by atoms with van der Waals surface area (Å²) in [4.78, 5) is 19.1. The van der Waals surface area contributed by atoms with E-state index in [1.165, 1.54) is 5.56 Å². The van der Waals surface area contributed by atoms with E-state index in [0.717, 1.165) is 12.0 Å². The summed E-state index contributed by atoms with van der Waals surface area (Å²) in [7, 11) is 1.79. The number of nitrogens with zero attached hydrogens (tertiary/aromatic N) is 1. The van der Waals surface area contributed by atoms with E-state index in [4.69, 9.17) is 16.1 Å². The Labute approximate surface area is 121 Å². The maximum absolute atomic E-state index is 9.89. The molecule has 1 aromatic rings. The number of nitrogens with two attached hydrogens (primary N) is 1. The molecule has 21 heavy (non-hydrogen) atoms. The minimum absolute atomic E-state index is 0.0254. The first-order valence-corrected chi connectivity index (χ1v) is 6.20. The van der Waals surface area contributed by atoms with E-state index in [2.05, 4.69) is 0 Å². The molecule has 0 aliphatic heterocycles. The van der Waals surface area contributed by atoms with Gasteiger partial charge in [-0.1, -0.05) is 24.3 Å². The van der Waals surface area contributed by atoms with Crippen LogP contribution < -0.4 is 5.84 Å². The van der Waals surface area contributed by atoms with E-state index in [0.29, 0.717) is 12.2 Å². The number of aliphatic hydroxyl groups is 1. The highest BCUT2D eigenvalue weighted by molar-refractivity contribution is 5.89. The number of carboxylic acid groups (broad SMARTS) is 2. The molecular weight excluding hydrogens is 276 g/mol. The van der Waals surface area contributed by atoms with Gasteiger partial charge in [-0.2, -0.15) is 0 Å². The molecule has 0 amide bonds. The largest absolute Gasteiger partial charge is 0.478 e. The molecule has 0 heterocycles. The van der Waals surface area contributed by atoms with Crippen LogP contribution in [-0.2, 0) is 16.0 Å². The Hall–Kier alpha value is -2.22. The quantitative estimate of drug-likeness (QED) is 0.355. The number of aliphatic carboxylic acids is 2. The molecule has 7 nitrogen and oxygen atoms in total. The van der Waals surface area contributed by atoms with Crippen LogP contribution in [0.1, 0.15) is 17.2 Å². The number of likely N-dealkylation sites (N-methyl/N-ethyl adjacent to an activating group) is 1. The fourth-order valence-corrected chi connectivity index (χ4v) is 2.06. The molecular formula is C14H18N2O5. The van der Waals surface area contributed by atoms with Gasteiger partial charge in [0.2, 0.25) is 0 Å².